The number of rotatable bonds is 5. The van der Waals surface area contributed by atoms with Crippen LogP contribution in [0.1, 0.15) is 29.3 Å². The molecule has 21 heavy (non-hydrogen) atoms. The minimum Gasteiger partial charge on any atom is -0.348 e. The molecule has 1 heterocycles. The Balaban J connectivity index is 1.92. The number of carbonyl (C=O) groups is 2. The fourth-order valence-electron chi connectivity index (χ4n) is 1.74. The van der Waals surface area contributed by atoms with E-state index in [2.05, 4.69) is 15.6 Å². The number of amides is 2. The molecule has 5 heteroatoms. The maximum atomic E-state index is 12.0. The van der Waals surface area contributed by atoms with Crippen molar-refractivity contribution in [1.29, 1.82) is 0 Å². The topological polar surface area (TPSA) is 71.1 Å². The van der Waals surface area contributed by atoms with Crippen molar-refractivity contribution in [2.45, 2.75) is 19.9 Å². The molecule has 0 unspecified atom stereocenters. The minimum atomic E-state index is -0.153. The second kappa shape index (κ2) is 7.19. The van der Waals surface area contributed by atoms with Crippen molar-refractivity contribution in [2.24, 2.45) is 0 Å². The van der Waals surface area contributed by atoms with Gasteiger partial charge in [0.25, 0.3) is 5.91 Å². The Morgan fingerprint density at radius 3 is 2.33 bits per heavy atom. The van der Waals surface area contributed by atoms with Crippen LogP contribution in [-0.4, -0.2) is 16.8 Å². The van der Waals surface area contributed by atoms with Crippen LogP contribution in [0.5, 0.6) is 0 Å². The first-order valence-electron chi connectivity index (χ1n) is 6.76. The van der Waals surface area contributed by atoms with Gasteiger partial charge in [-0.05, 0) is 42.0 Å². The van der Waals surface area contributed by atoms with Crippen LogP contribution < -0.4 is 10.6 Å². The van der Waals surface area contributed by atoms with Crippen molar-refractivity contribution < 1.29 is 9.59 Å². The highest BCUT2D eigenvalue weighted by Gasteiger charge is 2.06. The fraction of sp³-hybridized carbons (Fsp3) is 0.188. The van der Waals surface area contributed by atoms with Gasteiger partial charge in [0.15, 0.2) is 0 Å². The number of anilines is 1. The van der Waals surface area contributed by atoms with Crippen molar-refractivity contribution in [3.8, 4) is 0 Å². The Bertz CT molecular complexity index is 609. The van der Waals surface area contributed by atoms with Gasteiger partial charge in [-0.1, -0.05) is 6.92 Å². The lowest BCUT2D eigenvalue weighted by Gasteiger charge is -2.07. The minimum absolute atomic E-state index is 0.0510. The average molecular weight is 283 g/mol. The molecule has 0 bridgehead atoms. The normalized spacial score (nSPS) is 9.95. The molecule has 0 atom stereocenters. The van der Waals surface area contributed by atoms with E-state index in [4.69, 9.17) is 0 Å². The third kappa shape index (κ3) is 4.42. The highest BCUT2D eigenvalue weighted by molar-refractivity contribution is 5.95. The smallest absolute Gasteiger partial charge is 0.251 e. The number of hydrogen-bond acceptors (Lipinski definition) is 3. The Morgan fingerprint density at radius 1 is 1.05 bits per heavy atom. The SMILES string of the molecule is CCC(=O)Nc1ccc(C(=O)NCc2ccncc2)cc1. The fourth-order valence-corrected chi connectivity index (χ4v) is 1.74. The summed E-state index contributed by atoms with van der Waals surface area (Å²) in [6, 6.07) is 10.5. The first kappa shape index (κ1) is 14.7. The predicted molar refractivity (Wildman–Crippen MR) is 80.8 cm³/mol. The molecule has 5 nitrogen and oxygen atoms in total. The summed E-state index contributed by atoms with van der Waals surface area (Å²) in [7, 11) is 0. The van der Waals surface area contributed by atoms with E-state index in [9.17, 15) is 9.59 Å². The number of pyridine rings is 1. The number of benzene rings is 1. The molecule has 2 aromatic rings. The van der Waals surface area contributed by atoms with Crippen molar-refractivity contribution in [2.75, 3.05) is 5.32 Å². The Labute approximate surface area is 123 Å². The maximum Gasteiger partial charge on any atom is 0.251 e. The summed E-state index contributed by atoms with van der Waals surface area (Å²) in [5, 5.41) is 5.57. The first-order chi connectivity index (χ1) is 10.2. The second-order valence-corrected chi connectivity index (χ2v) is 4.52. The quantitative estimate of drug-likeness (QED) is 0.885. The molecular weight excluding hydrogens is 266 g/mol. The van der Waals surface area contributed by atoms with E-state index in [0.29, 0.717) is 24.2 Å². The van der Waals surface area contributed by atoms with Crippen molar-refractivity contribution >= 4 is 17.5 Å². The number of nitrogens with one attached hydrogen (secondary N) is 2. The Morgan fingerprint density at radius 2 is 1.71 bits per heavy atom. The molecule has 0 saturated carbocycles. The average Bonchev–Trinajstić information content (AvgIpc) is 2.54. The highest BCUT2D eigenvalue weighted by atomic mass is 16.2. The van der Waals surface area contributed by atoms with Crippen LogP contribution in [0.15, 0.2) is 48.8 Å². The van der Waals surface area contributed by atoms with Gasteiger partial charge in [0.2, 0.25) is 5.91 Å². The van der Waals surface area contributed by atoms with Gasteiger partial charge in [0.1, 0.15) is 0 Å². The lowest BCUT2D eigenvalue weighted by atomic mass is 10.2. The van der Waals surface area contributed by atoms with Gasteiger partial charge in [-0.25, -0.2) is 0 Å². The predicted octanol–water partition coefficient (Wildman–Crippen LogP) is 2.36. The van der Waals surface area contributed by atoms with Gasteiger partial charge in [0.05, 0.1) is 0 Å². The van der Waals surface area contributed by atoms with Gasteiger partial charge < -0.3 is 10.6 Å². The summed E-state index contributed by atoms with van der Waals surface area (Å²) < 4.78 is 0. The molecule has 0 fully saturated rings. The number of aromatic nitrogens is 1. The van der Waals surface area contributed by atoms with Gasteiger partial charge in [-0.15, -0.1) is 0 Å². The zero-order valence-corrected chi connectivity index (χ0v) is 11.8. The van der Waals surface area contributed by atoms with Crippen LogP contribution in [0.25, 0.3) is 0 Å². The van der Waals surface area contributed by atoms with Crippen LogP contribution in [0.2, 0.25) is 0 Å². The lowest BCUT2D eigenvalue weighted by Crippen LogP contribution is -2.22. The summed E-state index contributed by atoms with van der Waals surface area (Å²) in [5.41, 5.74) is 2.23. The monoisotopic (exact) mass is 283 g/mol. The summed E-state index contributed by atoms with van der Waals surface area (Å²) in [6.45, 7) is 2.24. The van der Waals surface area contributed by atoms with Crippen LogP contribution in [0.3, 0.4) is 0 Å². The summed E-state index contributed by atoms with van der Waals surface area (Å²) in [6.07, 6.45) is 3.80. The van der Waals surface area contributed by atoms with E-state index >= 15 is 0 Å². The number of nitrogens with zero attached hydrogens (tertiary/aromatic N) is 1. The van der Waals surface area contributed by atoms with E-state index < -0.39 is 0 Å². The molecule has 108 valence electrons. The lowest BCUT2D eigenvalue weighted by molar-refractivity contribution is -0.115. The first-order valence-corrected chi connectivity index (χ1v) is 6.76. The molecule has 2 rings (SSSR count). The third-order valence-electron chi connectivity index (χ3n) is 2.95. The van der Waals surface area contributed by atoms with Gasteiger partial charge in [0, 0.05) is 36.6 Å². The largest absolute Gasteiger partial charge is 0.348 e. The molecule has 1 aromatic carbocycles. The Hall–Kier alpha value is -2.69. The van der Waals surface area contributed by atoms with E-state index in [0.717, 1.165) is 5.56 Å². The van der Waals surface area contributed by atoms with Crippen LogP contribution in [0.4, 0.5) is 5.69 Å². The van der Waals surface area contributed by atoms with Crippen molar-refractivity contribution in [3.05, 3.63) is 59.9 Å². The van der Waals surface area contributed by atoms with Crippen LogP contribution >= 0.6 is 0 Å². The van der Waals surface area contributed by atoms with Gasteiger partial charge >= 0.3 is 0 Å². The molecule has 0 saturated heterocycles. The van der Waals surface area contributed by atoms with E-state index in [-0.39, 0.29) is 11.8 Å². The molecule has 1 aromatic heterocycles. The number of carbonyl (C=O) groups excluding carboxylic acids is 2. The van der Waals surface area contributed by atoms with Crippen LogP contribution in [-0.2, 0) is 11.3 Å². The summed E-state index contributed by atoms with van der Waals surface area (Å²) >= 11 is 0. The van der Waals surface area contributed by atoms with Gasteiger partial charge in [-0.2, -0.15) is 0 Å². The zero-order chi connectivity index (χ0) is 15.1. The molecule has 0 aliphatic carbocycles. The van der Waals surface area contributed by atoms with E-state index in [1.165, 1.54) is 0 Å². The summed E-state index contributed by atoms with van der Waals surface area (Å²) in [4.78, 5) is 27.2. The van der Waals surface area contributed by atoms with Gasteiger partial charge in [-0.3, -0.25) is 14.6 Å². The molecule has 2 amide bonds. The summed E-state index contributed by atoms with van der Waals surface area (Å²) in [5.74, 6) is -0.204. The van der Waals surface area contributed by atoms with Crippen molar-refractivity contribution in [3.63, 3.8) is 0 Å². The zero-order valence-electron chi connectivity index (χ0n) is 11.8. The molecule has 0 aliphatic heterocycles. The molecule has 0 radical (unpaired) electrons. The standard InChI is InChI=1S/C16H17N3O2/c1-2-15(20)19-14-5-3-13(4-6-14)16(21)18-11-12-7-9-17-10-8-12/h3-10H,2,11H2,1H3,(H,18,21)(H,19,20). The van der Waals surface area contributed by atoms with Crippen LogP contribution in [0, 0.1) is 0 Å². The highest BCUT2D eigenvalue weighted by Crippen LogP contribution is 2.10. The molecule has 0 spiro atoms. The maximum absolute atomic E-state index is 12.0. The molecular formula is C16H17N3O2. The van der Waals surface area contributed by atoms with E-state index in [1.807, 2.05) is 12.1 Å². The molecule has 0 aliphatic rings. The number of hydrogen-bond donors (Lipinski definition) is 2. The Kier molecular flexibility index (Phi) is 5.04. The van der Waals surface area contributed by atoms with Crippen molar-refractivity contribution in [1.82, 2.24) is 10.3 Å². The molecule has 2 N–H and O–H groups in total. The second-order valence-electron chi connectivity index (χ2n) is 4.52. The van der Waals surface area contributed by atoms with E-state index in [1.54, 1.807) is 43.6 Å². The third-order valence-corrected chi connectivity index (χ3v) is 2.95.